The number of pyridine rings is 1. The summed E-state index contributed by atoms with van der Waals surface area (Å²) in [5.41, 5.74) is 2.12. The Morgan fingerprint density at radius 2 is 1.57 bits per heavy atom. The molecule has 4 aromatic rings. The summed E-state index contributed by atoms with van der Waals surface area (Å²) in [5.74, 6) is 3.24. The average Bonchev–Trinajstić information content (AvgIpc) is 3.39. The lowest BCUT2D eigenvalue weighted by Crippen LogP contribution is -2.21. The van der Waals surface area contributed by atoms with E-state index in [1.165, 1.54) is 0 Å². The number of benzene rings is 2. The van der Waals surface area contributed by atoms with Crippen molar-refractivity contribution in [2.24, 2.45) is 5.92 Å². The fraction of sp³-hybridized carbons (Fsp3) is 0.323. The molecule has 9 nitrogen and oxygen atoms in total. The Balaban J connectivity index is 1.25. The Morgan fingerprint density at radius 1 is 0.925 bits per heavy atom. The molecule has 2 N–H and O–H groups in total. The van der Waals surface area contributed by atoms with Gasteiger partial charge in [-0.1, -0.05) is 20.8 Å². The van der Waals surface area contributed by atoms with Crippen molar-refractivity contribution in [2.75, 3.05) is 30.5 Å². The second-order valence-corrected chi connectivity index (χ2v) is 10.8. The molecule has 1 aliphatic heterocycles. The normalized spacial score (nSPS) is 14.0. The van der Waals surface area contributed by atoms with Gasteiger partial charge in [0.2, 0.25) is 0 Å². The second kappa shape index (κ2) is 12.2. The van der Waals surface area contributed by atoms with Gasteiger partial charge in [0.05, 0.1) is 18.0 Å². The van der Waals surface area contributed by atoms with Gasteiger partial charge in [0.25, 0.3) is 0 Å². The van der Waals surface area contributed by atoms with E-state index in [0.717, 1.165) is 43.2 Å². The number of nitrogens with one attached hydrogen (secondary N) is 2. The van der Waals surface area contributed by atoms with Crippen LogP contribution in [0, 0.1) is 5.92 Å². The van der Waals surface area contributed by atoms with Crippen LogP contribution in [0.5, 0.6) is 17.2 Å². The minimum absolute atomic E-state index is 0.199. The number of carbonyl (C=O) groups excluding carboxylic acids is 1. The van der Waals surface area contributed by atoms with Crippen molar-refractivity contribution in [1.82, 2.24) is 14.8 Å². The maximum atomic E-state index is 13.0. The van der Waals surface area contributed by atoms with Crippen LogP contribution in [0.25, 0.3) is 5.69 Å². The van der Waals surface area contributed by atoms with Gasteiger partial charge in [0.1, 0.15) is 23.1 Å². The van der Waals surface area contributed by atoms with Gasteiger partial charge in [-0.2, -0.15) is 5.10 Å². The number of rotatable bonds is 8. The Labute approximate surface area is 234 Å². The number of urea groups is 1. The summed E-state index contributed by atoms with van der Waals surface area (Å²) in [6, 6.07) is 20.0. The first-order valence-corrected chi connectivity index (χ1v) is 13.5. The van der Waals surface area contributed by atoms with Gasteiger partial charge in [0.15, 0.2) is 0 Å². The van der Waals surface area contributed by atoms with Crippen molar-refractivity contribution in [3.63, 3.8) is 0 Å². The molecule has 1 saturated heterocycles. The predicted octanol–water partition coefficient (Wildman–Crippen LogP) is 6.81. The zero-order valence-corrected chi connectivity index (χ0v) is 23.1. The first-order chi connectivity index (χ1) is 19.3. The SMILES string of the molecule is CC(C)(C)c1cc(NC(=O)Nc2ccc(Oc3ccncc3)cc2)n(-c2ccc(OCC3CCOCC3)cc2)n1. The highest BCUT2D eigenvalue weighted by Gasteiger charge is 2.22. The molecular weight excluding hydrogens is 506 g/mol. The number of hydrogen-bond donors (Lipinski definition) is 2. The third kappa shape index (κ3) is 7.18. The lowest BCUT2D eigenvalue weighted by molar-refractivity contribution is 0.0497. The second-order valence-electron chi connectivity index (χ2n) is 10.8. The van der Waals surface area contributed by atoms with Crippen molar-refractivity contribution in [1.29, 1.82) is 0 Å². The molecule has 0 spiro atoms. The van der Waals surface area contributed by atoms with E-state index in [4.69, 9.17) is 19.3 Å². The molecule has 0 saturated carbocycles. The van der Waals surface area contributed by atoms with E-state index in [0.29, 0.717) is 35.5 Å². The molecule has 1 fully saturated rings. The summed E-state index contributed by atoms with van der Waals surface area (Å²) in [5, 5.41) is 10.6. The molecule has 0 bridgehead atoms. The van der Waals surface area contributed by atoms with Crippen LogP contribution < -0.4 is 20.1 Å². The molecule has 3 heterocycles. The highest BCUT2D eigenvalue weighted by molar-refractivity contribution is 5.99. The van der Waals surface area contributed by atoms with Gasteiger partial charge >= 0.3 is 6.03 Å². The molecule has 0 radical (unpaired) electrons. The van der Waals surface area contributed by atoms with Crippen LogP contribution in [0.3, 0.4) is 0 Å². The summed E-state index contributed by atoms with van der Waals surface area (Å²) in [6.07, 6.45) is 5.40. The van der Waals surface area contributed by atoms with Crippen LogP contribution in [0.15, 0.2) is 79.1 Å². The van der Waals surface area contributed by atoms with Gasteiger partial charge in [-0.15, -0.1) is 0 Å². The standard InChI is InChI=1S/C31H35N5O4/c1-31(2,3)28-20-29(34-30(37)33-23-4-8-26(9-5-23)40-27-12-16-32-17-13-27)36(35-28)24-6-10-25(11-7-24)39-21-22-14-18-38-19-15-22/h4-13,16-17,20,22H,14-15,18-19,21H2,1-3H3,(H2,33,34,37). The monoisotopic (exact) mass is 541 g/mol. The molecule has 2 aromatic heterocycles. The van der Waals surface area contributed by atoms with Gasteiger partial charge in [-0.25, -0.2) is 9.48 Å². The topological polar surface area (TPSA) is 99.5 Å². The van der Waals surface area contributed by atoms with Crippen LogP contribution in [0.4, 0.5) is 16.3 Å². The number of carbonyl (C=O) groups is 1. The molecule has 0 atom stereocenters. The van der Waals surface area contributed by atoms with Crippen LogP contribution in [-0.2, 0) is 10.2 Å². The van der Waals surface area contributed by atoms with Crippen molar-refractivity contribution < 1.29 is 19.0 Å². The largest absolute Gasteiger partial charge is 0.493 e. The number of aromatic nitrogens is 3. The van der Waals surface area contributed by atoms with Gasteiger partial charge < -0.3 is 19.5 Å². The van der Waals surface area contributed by atoms with E-state index in [1.807, 2.05) is 30.3 Å². The van der Waals surface area contributed by atoms with Crippen molar-refractivity contribution in [3.05, 3.63) is 84.8 Å². The minimum Gasteiger partial charge on any atom is -0.493 e. The average molecular weight is 542 g/mol. The van der Waals surface area contributed by atoms with E-state index >= 15 is 0 Å². The minimum atomic E-state index is -0.374. The molecule has 9 heteroatoms. The van der Waals surface area contributed by atoms with E-state index in [-0.39, 0.29) is 11.4 Å². The maximum Gasteiger partial charge on any atom is 0.324 e. The van der Waals surface area contributed by atoms with Gasteiger partial charge in [-0.3, -0.25) is 10.3 Å². The summed E-state index contributed by atoms with van der Waals surface area (Å²) in [4.78, 5) is 16.9. The van der Waals surface area contributed by atoms with Crippen LogP contribution in [0.1, 0.15) is 39.3 Å². The van der Waals surface area contributed by atoms with Crippen molar-refractivity contribution in [2.45, 2.75) is 39.0 Å². The molecule has 5 rings (SSSR count). The molecular formula is C31H35N5O4. The van der Waals surface area contributed by atoms with Crippen LogP contribution in [-0.4, -0.2) is 40.6 Å². The van der Waals surface area contributed by atoms with Crippen molar-refractivity contribution >= 4 is 17.5 Å². The van der Waals surface area contributed by atoms with Gasteiger partial charge in [-0.05, 0) is 79.4 Å². The number of hydrogen-bond acceptors (Lipinski definition) is 6. The number of nitrogens with zero attached hydrogens (tertiary/aromatic N) is 3. The Morgan fingerprint density at radius 3 is 2.25 bits per heavy atom. The molecule has 40 heavy (non-hydrogen) atoms. The van der Waals surface area contributed by atoms with Crippen LogP contribution >= 0.6 is 0 Å². The highest BCUT2D eigenvalue weighted by atomic mass is 16.5. The lowest BCUT2D eigenvalue weighted by atomic mass is 9.92. The Kier molecular flexibility index (Phi) is 8.31. The molecule has 1 aliphatic rings. The molecule has 208 valence electrons. The summed E-state index contributed by atoms with van der Waals surface area (Å²) >= 11 is 0. The molecule has 0 aliphatic carbocycles. The zero-order chi connectivity index (χ0) is 28.0. The first kappa shape index (κ1) is 27.2. The maximum absolute atomic E-state index is 13.0. The fourth-order valence-corrected chi connectivity index (χ4v) is 4.27. The predicted molar refractivity (Wildman–Crippen MR) is 155 cm³/mol. The van der Waals surface area contributed by atoms with E-state index in [9.17, 15) is 4.79 Å². The zero-order valence-electron chi connectivity index (χ0n) is 23.1. The van der Waals surface area contributed by atoms with Gasteiger partial charge in [0, 0.05) is 42.8 Å². The smallest absolute Gasteiger partial charge is 0.324 e. The molecule has 0 unspecified atom stereocenters. The first-order valence-electron chi connectivity index (χ1n) is 13.5. The molecule has 2 amide bonds. The summed E-state index contributed by atoms with van der Waals surface area (Å²) < 4.78 is 19.0. The Bertz CT molecular complexity index is 1390. The third-order valence-electron chi connectivity index (χ3n) is 6.62. The number of ether oxygens (including phenoxy) is 3. The quantitative estimate of drug-likeness (QED) is 0.254. The van der Waals surface area contributed by atoms with Crippen LogP contribution in [0.2, 0.25) is 0 Å². The van der Waals surface area contributed by atoms with E-state index in [1.54, 1.807) is 53.5 Å². The number of amides is 2. The lowest BCUT2D eigenvalue weighted by Gasteiger charge is -2.22. The summed E-state index contributed by atoms with van der Waals surface area (Å²) in [7, 11) is 0. The number of anilines is 2. The summed E-state index contributed by atoms with van der Waals surface area (Å²) in [6.45, 7) is 8.56. The Hall–Kier alpha value is -4.37. The van der Waals surface area contributed by atoms with Crippen molar-refractivity contribution in [3.8, 4) is 22.9 Å². The fourth-order valence-electron chi connectivity index (χ4n) is 4.27. The van der Waals surface area contributed by atoms with E-state index < -0.39 is 0 Å². The van der Waals surface area contributed by atoms with E-state index in [2.05, 4.69) is 36.4 Å². The third-order valence-corrected chi connectivity index (χ3v) is 6.62. The molecule has 2 aromatic carbocycles. The highest BCUT2D eigenvalue weighted by Crippen LogP contribution is 2.28.